The number of hydrogen-bond donors (Lipinski definition) is 1. The highest BCUT2D eigenvalue weighted by Crippen LogP contribution is 2.23. The van der Waals surface area contributed by atoms with E-state index in [1.54, 1.807) is 14.2 Å². The van der Waals surface area contributed by atoms with E-state index in [4.69, 9.17) is 15.2 Å². The number of methoxy groups -OCH3 is 2. The number of nitrogen functional groups attached to an aromatic ring is 1. The molecule has 0 unspecified atom stereocenters. The van der Waals surface area contributed by atoms with Gasteiger partial charge in [-0.15, -0.1) is 0 Å². The smallest absolute Gasteiger partial charge is 0.238 e. The van der Waals surface area contributed by atoms with Crippen molar-refractivity contribution in [2.75, 3.05) is 44.5 Å². The highest BCUT2D eigenvalue weighted by Gasteiger charge is 2.12. The minimum atomic E-state index is 0.471. The van der Waals surface area contributed by atoms with Crippen LogP contribution < -0.4 is 15.4 Å². The van der Waals surface area contributed by atoms with Gasteiger partial charge in [0.15, 0.2) is 0 Å². The van der Waals surface area contributed by atoms with Crippen LogP contribution in [0.25, 0.3) is 0 Å². The van der Waals surface area contributed by atoms with Crippen molar-refractivity contribution in [1.29, 1.82) is 0 Å². The molecule has 5 nitrogen and oxygen atoms in total. The van der Waals surface area contributed by atoms with Gasteiger partial charge >= 0.3 is 0 Å². The van der Waals surface area contributed by atoms with Crippen molar-refractivity contribution in [2.45, 2.75) is 13.8 Å². The summed E-state index contributed by atoms with van der Waals surface area (Å²) in [4.78, 5) is 6.60. The normalized spacial score (nSPS) is 10.7. The van der Waals surface area contributed by atoms with Crippen LogP contribution in [0.1, 0.15) is 13.8 Å². The maximum atomic E-state index is 5.77. The van der Waals surface area contributed by atoms with Crippen molar-refractivity contribution in [2.24, 2.45) is 5.92 Å². The molecule has 0 aliphatic rings. The Hall–Kier alpha value is -1.49. The number of pyridine rings is 1. The lowest BCUT2D eigenvalue weighted by Gasteiger charge is -2.25. The molecule has 1 aromatic heterocycles. The highest BCUT2D eigenvalue weighted by molar-refractivity contribution is 5.54. The Kier molecular flexibility index (Phi) is 5.71. The van der Waals surface area contributed by atoms with E-state index < -0.39 is 0 Å². The standard InChI is InChI=1S/C13H23N3O2/c1-10(2)9-16(7-8-17-3)12-6-5-11(14)13(15-12)18-4/h5-6,10H,7-9,14H2,1-4H3. The summed E-state index contributed by atoms with van der Waals surface area (Å²) in [5.41, 5.74) is 6.32. The summed E-state index contributed by atoms with van der Waals surface area (Å²) in [5.74, 6) is 1.89. The molecule has 0 aliphatic heterocycles. The molecular formula is C13H23N3O2. The lowest BCUT2D eigenvalue weighted by atomic mass is 10.2. The van der Waals surface area contributed by atoms with E-state index in [1.807, 2.05) is 12.1 Å². The van der Waals surface area contributed by atoms with E-state index in [0.717, 1.165) is 18.9 Å². The Morgan fingerprint density at radius 1 is 1.33 bits per heavy atom. The Labute approximate surface area is 109 Å². The molecule has 1 rings (SSSR count). The molecule has 0 radical (unpaired) electrons. The molecule has 1 aromatic rings. The molecule has 102 valence electrons. The van der Waals surface area contributed by atoms with Crippen molar-refractivity contribution >= 4 is 11.5 Å². The maximum absolute atomic E-state index is 5.77. The summed E-state index contributed by atoms with van der Waals surface area (Å²) in [6.45, 7) is 6.74. The second-order valence-electron chi connectivity index (χ2n) is 4.60. The SMILES string of the molecule is COCCN(CC(C)C)c1ccc(N)c(OC)n1. The largest absolute Gasteiger partial charge is 0.479 e. The third kappa shape index (κ3) is 4.07. The minimum absolute atomic E-state index is 0.471. The Balaban J connectivity index is 2.89. The number of nitrogens with zero attached hydrogens (tertiary/aromatic N) is 2. The zero-order valence-electron chi connectivity index (χ0n) is 11.6. The van der Waals surface area contributed by atoms with Gasteiger partial charge in [-0.3, -0.25) is 0 Å². The number of anilines is 2. The fourth-order valence-electron chi connectivity index (χ4n) is 1.72. The molecule has 0 aromatic carbocycles. The first-order valence-corrected chi connectivity index (χ1v) is 6.12. The van der Waals surface area contributed by atoms with Crippen LogP contribution in [0.4, 0.5) is 11.5 Å². The molecule has 1 heterocycles. The van der Waals surface area contributed by atoms with E-state index in [0.29, 0.717) is 24.1 Å². The first-order valence-electron chi connectivity index (χ1n) is 6.12. The van der Waals surface area contributed by atoms with Crippen molar-refractivity contribution in [1.82, 2.24) is 4.98 Å². The first-order chi connectivity index (χ1) is 8.58. The second-order valence-corrected chi connectivity index (χ2v) is 4.60. The van der Waals surface area contributed by atoms with Crippen LogP contribution in [0.2, 0.25) is 0 Å². The average Bonchev–Trinajstić information content (AvgIpc) is 2.34. The molecule has 0 saturated heterocycles. The van der Waals surface area contributed by atoms with Crippen molar-refractivity contribution in [3.63, 3.8) is 0 Å². The number of hydrogen-bond acceptors (Lipinski definition) is 5. The Morgan fingerprint density at radius 2 is 2.06 bits per heavy atom. The van der Waals surface area contributed by atoms with Gasteiger partial charge in [-0.05, 0) is 18.1 Å². The third-order valence-electron chi connectivity index (χ3n) is 2.54. The van der Waals surface area contributed by atoms with Gasteiger partial charge in [0, 0.05) is 20.2 Å². The number of aromatic nitrogens is 1. The van der Waals surface area contributed by atoms with Crippen LogP contribution in [0.5, 0.6) is 5.88 Å². The number of ether oxygens (including phenoxy) is 2. The topological polar surface area (TPSA) is 60.6 Å². The predicted molar refractivity (Wildman–Crippen MR) is 74.1 cm³/mol. The van der Waals surface area contributed by atoms with Crippen LogP contribution in [0.3, 0.4) is 0 Å². The molecular weight excluding hydrogens is 230 g/mol. The summed E-state index contributed by atoms with van der Waals surface area (Å²) in [6.07, 6.45) is 0. The Morgan fingerprint density at radius 3 is 2.61 bits per heavy atom. The molecule has 0 atom stereocenters. The summed E-state index contributed by atoms with van der Waals surface area (Å²) >= 11 is 0. The van der Waals surface area contributed by atoms with Crippen LogP contribution >= 0.6 is 0 Å². The van der Waals surface area contributed by atoms with Gasteiger partial charge in [-0.25, -0.2) is 0 Å². The fourth-order valence-corrected chi connectivity index (χ4v) is 1.72. The van der Waals surface area contributed by atoms with Gasteiger partial charge < -0.3 is 20.1 Å². The molecule has 0 bridgehead atoms. The lowest BCUT2D eigenvalue weighted by Crippen LogP contribution is -2.31. The molecule has 0 saturated carbocycles. The predicted octanol–water partition coefficient (Wildman–Crippen LogP) is 1.78. The van der Waals surface area contributed by atoms with E-state index in [9.17, 15) is 0 Å². The van der Waals surface area contributed by atoms with Crippen molar-refractivity contribution < 1.29 is 9.47 Å². The number of rotatable bonds is 7. The van der Waals surface area contributed by atoms with Crippen LogP contribution in [0, 0.1) is 5.92 Å². The van der Waals surface area contributed by atoms with Gasteiger partial charge in [0.25, 0.3) is 0 Å². The minimum Gasteiger partial charge on any atom is -0.479 e. The van der Waals surface area contributed by atoms with Crippen LogP contribution in [0.15, 0.2) is 12.1 Å². The van der Waals surface area contributed by atoms with Crippen molar-refractivity contribution in [3.05, 3.63) is 12.1 Å². The molecule has 0 amide bonds. The zero-order valence-corrected chi connectivity index (χ0v) is 11.6. The summed E-state index contributed by atoms with van der Waals surface area (Å²) in [6, 6.07) is 3.73. The monoisotopic (exact) mass is 253 g/mol. The third-order valence-corrected chi connectivity index (χ3v) is 2.54. The highest BCUT2D eigenvalue weighted by atomic mass is 16.5. The van der Waals surface area contributed by atoms with Crippen molar-refractivity contribution in [3.8, 4) is 5.88 Å². The van der Waals surface area contributed by atoms with E-state index in [1.165, 1.54) is 0 Å². The maximum Gasteiger partial charge on any atom is 0.238 e. The van der Waals surface area contributed by atoms with Crippen LogP contribution in [-0.4, -0.2) is 38.9 Å². The second kappa shape index (κ2) is 7.06. The molecule has 0 spiro atoms. The van der Waals surface area contributed by atoms with Gasteiger partial charge in [0.1, 0.15) is 5.82 Å². The molecule has 18 heavy (non-hydrogen) atoms. The fraction of sp³-hybridized carbons (Fsp3) is 0.615. The summed E-state index contributed by atoms with van der Waals surface area (Å²) in [5, 5.41) is 0. The average molecular weight is 253 g/mol. The lowest BCUT2D eigenvalue weighted by molar-refractivity contribution is 0.204. The van der Waals surface area contributed by atoms with E-state index in [2.05, 4.69) is 23.7 Å². The van der Waals surface area contributed by atoms with Gasteiger partial charge in [-0.1, -0.05) is 13.8 Å². The number of nitrogens with two attached hydrogens (primary N) is 1. The quantitative estimate of drug-likeness (QED) is 0.802. The van der Waals surface area contributed by atoms with Crippen LogP contribution in [-0.2, 0) is 4.74 Å². The molecule has 0 fully saturated rings. The van der Waals surface area contributed by atoms with Gasteiger partial charge in [0.2, 0.25) is 5.88 Å². The first kappa shape index (κ1) is 14.6. The Bertz CT molecular complexity index is 369. The summed E-state index contributed by atoms with van der Waals surface area (Å²) in [7, 11) is 3.27. The summed E-state index contributed by atoms with van der Waals surface area (Å²) < 4.78 is 10.3. The van der Waals surface area contributed by atoms with E-state index in [-0.39, 0.29) is 0 Å². The van der Waals surface area contributed by atoms with Gasteiger partial charge in [-0.2, -0.15) is 4.98 Å². The van der Waals surface area contributed by atoms with E-state index >= 15 is 0 Å². The van der Waals surface area contributed by atoms with Gasteiger partial charge in [0.05, 0.1) is 19.4 Å². The molecule has 0 aliphatic carbocycles. The zero-order chi connectivity index (χ0) is 13.5. The molecule has 5 heteroatoms. The molecule has 2 N–H and O–H groups in total.